The van der Waals surface area contributed by atoms with Crippen LogP contribution in [-0.2, 0) is 4.79 Å². The van der Waals surface area contributed by atoms with E-state index in [9.17, 15) is 9.59 Å². The number of aliphatic carboxylic acids is 1. The number of carbonyl (C=O) groups excluding carboxylic acids is 1. The Kier molecular flexibility index (Phi) is 3.30. The number of aromatic nitrogens is 1. The highest BCUT2D eigenvalue weighted by Crippen LogP contribution is 2.12. The molecular formula is C9H10N2O3. The van der Waals surface area contributed by atoms with Crippen LogP contribution in [0.25, 0.3) is 0 Å². The van der Waals surface area contributed by atoms with Gasteiger partial charge in [-0.3, -0.25) is 14.6 Å². The van der Waals surface area contributed by atoms with Crippen LogP contribution in [0, 0.1) is 0 Å². The fraction of sp³-hybridized carbons (Fsp3) is 0.222. The number of hydrogen-bond donors (Lipinski definition) is 2. The molecular weight excluding hydrogens is 184 g/mol. The summed E-state index contributed by atoms with van der Waals surface area (Å²) in [6.45, 7) is -0.0371. The molecule has 0 radical (unpaired) electrons. The molecule has 0 fully saturated rings. The average molecular weight is 194 g/mol. The maximum atomic E-state index is 10.7. The number of nitrogens with two attached hydrogens (primary N) is 1. The van der Waals surface area contributed by atoms with Crippen molar-refractivity contribution in [2.75, 3.05) is 6.54 Å². The third-order valence-electron chi connectivity index (χ3n) is 1.83. The second kappa shape index (κ2) is 4.48. The molecule has 1 aromatic rings. The Labute approximate surface area is 80.6 Å². The predicted molar refractivity (Wildman–Crippen MR) is 49.1 cm³/mol. The lowest BCUT2D eigenvalue weighted by atomic mass is 10.0. The van der Waals surface area contributed by atoms with E-state index in [2.05, 4.69) is 4.98 Å². The van der Waals surface area contributed by atoms with Crippen LogP contribution in [0.15, 0.2) is 18.3 Å². The number of aldehydes is 1. The predicted octanol–water partition coefficient (Wildman–Crippen LogP) is 0.0210. The van der Waals surface area contributed by atoms with Gasteiger partial charge in [0.2, 0.25) is 0 Å². The normalized spacial score (nSPS) is 12.1. The molecule has 1 aromatic heterocycles. The van der Waals surface area contributed by atoms with Gasteiger partial charge >= 0.3 is 5.97 Å². The summed E-state index contributed by atoms with van der Waals surface area (Å²) >= 11 is 0. The fourth-order valence-electron chi connectivity index (χ4n) is 1.08. The van der Waals surface area contributed by atoms with E-state index in [1.807, 2.05) is 0 Å². The molecule has 5 heteroatoms. The third kappa shape index (κ3) is 2.14. The maximum absolute atomic E-state index is 10.7. The molecule has 0 aliphatic carbocycles. The highest BCUT2D eigenvalue weighted by atomic mass is 16.4. The average Bonchev–Trinajstić information content (AvgIpc) is 2.19. The molecule has 74 valence electrons. The van der Waals surface area contributed by atoms with E-state index >= 15 is 0 Å². The van der Waals surface area contributed by atoms with Crippen molar-refractivity contribution < 1.29 is 14.7 Å². The zero-order chi connectivity index (χ0) is 10.6. The fourth-order valence-corrected chi connectivity index (χ4v) is 1.08. The summed E-state index contributed by atoms with van der Waals surface area (Å²) in [4.78, 5) is 25.0. The third-order valence-corrected chi connectivity index (χ3v) is 1.83. The smallest absolute Gasteiger partial charge is 0.313 e. The first kappa shape index (κ1) is 10.3. The minimum absolute atomic E-state index is 0.0371. The molecule has 0 spiro atoms. The quantitative estimate of drug-likeness (QED) is 0.659. The van der Waals surface area contributed by atoms with Crippen LogP contribution in [0.2, 0.25) is 0 Å². The van der Waals surface area contributed by atoms with Crippen LogP contribution in [0.5, 0.6) is 0 Å². The summed E-state index contributed by atoms with van der Waals surface area (Å²) in [5, 5.41) is 8.78. The Morgan fingerprint density at radius 3 is 2.93 bits per heavy atom. The number of carboxylic acids is 1. The Hall–Kier alpha value is -1.75. The SMILES string of the molecule is NCC(C(=O)O)c1cc(C=O)ccn1. The summed E-state index contributed by atoms with van der Waals surface area (Å²) in [6, 6.07) is 2.94. The van der Waals surface area contributed by atoms with Gasteiger partial charge in [0.25, 0.3) is 0 Å². The van der Waals surface area contributed by atoms with Gasteiger partial charge in [-0.2, -0.15) is 0 Å². The monoisotopic (exact) mass is 194 g/mol. The second-order valence-corrected chi connectivity index (χ2v) is 2.76. The van der Waals surface area contributed by atoms with Gasteiger partial charge < -0.3 is 10.8 Å². The number of rotatable bonds is 4. The van der Waals surface area contributed by atoms with Crippen LogP contribution in [0.3, 0.4) is 0 Å². The van der Waals surface area contributed by atoms with E-state index in [1.165, 1.54) is 18.3 Å². The van der Waals surface area contributed by atoms with Gasteiger partial charge in [0.05, 0.1) is 5.69 Å². The summed E-state index contributed by atoms with van der Waals surface area (Å²) in [7, 11) is 0. The van der Waals surface area contributed by atoms with Gasteiger partial charge in [0, 0.05) is 18.3 Å². The first-order chi connectivity index (χ1) is 6.69. The number of carboxylic acid groups (broad SMARTS) is 1. The molecule has 3 N–H and O–H groups in total. The lowest BCUT2D eigenvalue weighted by Gasteiger charge is -2.08. The van der Waals surface area contributed by atoms with Gasteiger partial charge in [0.1, 0.15) is 12.2 Å². The number of hydrogen-bond acceptors (Lipinski definition) is 4. The van der Waals surface area contributed by atoms with Gasteiger partial charge in [-0.1, -0.05) is 0 Å². The van der Waals surface area contributed by atoms with Crippen molar-refractivity contribution >= 4 is 12.3 Å². The largest absolute Gasteiger partial charge is 0.481 e. The van der Waals surface area contributed by atoms with Crippen LogP contribution in [0.1, 0.15) is 22.0 Å². The number of pyridine rings is 1. The molecule has 14 heavy (non-hydrogen) atoms. The Balaban J connectivity index is 3.03. The molecule has 0 saturated heterocycles. The molecule has 0 aromatic carbocycles. The van der Waals surface area contributed by atoms with Gasteiger partial charge in [-0.05, 0) is 12.1 Å². The summed E-state index contributed by atoms with van der Waals surface area (Å²) < 4.78 is 0. The van der Waals surface area contributed by atoms with E-state index in [-0.39, 0.29) is 6.54 Å². The lowest BCUT2D eigenvalue weighted by Crippen LogP contribution is -2.22. The zero-order valence-corrected chi connectivity index (χ0v) is 7.38. The van der Waals surface area contributed by atoms with E-state index < -0.39 is 11.9 Å². The molecule has 0 aliphatic heterocycles. The molecule has 0 saturated carbocycles. The molecule has 5 nitrogen and oxygen atoms in total. The zero-order valence-electron chi connectivity index (χ0n) is 7.38. The van der Waals surface area contributed by atoms with Gasteiger partial charge in [-0.15, -0.1) is 0 Å². The van der Waals surface area contributed by atoms with E-state index in [0.29, 0.717) is 17.5 Å². The summed E-state index contributed by atoms with van der Waals surface area (Å²) in [6.07, 6.45) is 2.03. The van der Waals surface area contributed by atoms with E-state index in [4.69, 9.17) is 10.8 Å². The van der Waals surface area contributed by atoms with Crippen LogP contribution in [0.4, 0.5) is 0 Å². The van der Waals surface area contributed by atoms with E-state index in [0.717, 1.165) is 0 Å². The Morgan fingerprint density at radius 1 is 1.71 bits per heavy atom. The van der Waals surface area contributed by atoms with Crippen molar-refractivity contribution in [3.63, 3.8) is 0 Å². The highest BCUT2D eigenvalue weighted by Gasteiger charge is 2.19. The molecule has 0 amide bonds. The van der Waals surface area contributed by atoms with Gasteiger partial charge in [0.15, 0.2) is 0 Å². The minimum atomic E-state index is -1.04. The lowest BCUT2D eigenvalue weighted by molar-refractivity contribution is -0.138. The Bertz CT molecular complexity index is 352. The van der Waals surface area contributed by atoms with Crippen molar-refractivity contribution in [3.05, 3.63) is 29.6 Å². The van der Waals surface area contributed by atoms with Crippen molar-refractivity contribution in [1.29, 1.82) is 0 Å². The molecule has 0 aliphatic rings. The van der Waals surface area contributed by atoms with E-state index in [1.54, 1.807) is 0 Å². The van der Waals surface area contributed by atoms with Gasteiger partial charge in [-0.25, -0.2) is 0 Å². The first-order valence-electron chi connectivity index (χ1n) is 4.03. The maximum Gasteiger partial charge on any atom is 0.313 e. The molecule has 1 unspecified atom stereocenters. The minimum Gasteiger partial charge on any atom is -0.481 e. The molecule has 0 bridgehead atoms. The number of carbonyl (C=O) groups is 2. The summed E-state index contributed by atoms with van der Waals surface area (Å²) in [5.41, 5.74) is 6.00. The molecule has 1 atom stereocenters. The Morgan fingerprint density at radius 2 is 2.43 bits per heavy atom. The first-order valence-corrected chi connectivity index (χ1v) is 4.03. The van der Waals surface area contributed by atoms with Crippen molar-refractivity contribution in [1.82, 2.24) is 4.98 Å². The standard InChI is InChI=1S/C9H10N2O3/c10-4-7(9(13)14)8-3-6(5-12)1-2-11-8/h1-3,5,7H,4,10H2,(H,13,14). The van der Waals surface area contributed by atoms with Crippen LogP contribution < -0.4 is 5.73 Å². The topological polar surface area (TPSA) is 93.3 Å². The second-order valence-electron chi connectivity index (χ2n) is 2.76. The highest BCUT2D eigenvalue weighted by molar-refractivity contribution is 5.78. The molecule has 1 heterocycles. The summed E-state index contributed by atoms with van der Waals surface area (Å²) in [5.74, 6) is -1.89. The van der Waals surface area contributed by atoms with Crippen LogP contribution in [-0.4, -0.2) is 28.9 Å². The van der Waals surface area contributed by atoms with Crippen LogP contribution >= 0.6 is 0 Å². The number of nitrogens with zero attached hydrogens (tertiary/aromatic N) is 1. The van der Waals surface area contributed by atoms with Crippen molar-refractivity contribution in [2.45, 2.75) is 5.92 Å². The molecule has 1 rings (SSSR count). The van der Waals surface area contributed by atoms with Crippen molar-refractivity contribution in [2.24, 2.45) is 5.73 Å². The van der Waals surface area contributed by atoms with Crippen molar-refractivity contribution in [3.8, 4) is 0 Å².